The summed E-state index contributed by atoms with van der Waals surface area (Å²) >= 11 is 0. The highest BCUT2D eigenvalue weighted by atomic mass is 16.4. The maximum atomic E-state index is 12.8. The number of carbonyl (C=O) groups is 2. The molecule has 0 bridgehead atoms. The summed E-state index contributed by atoms with van der Waals surface area (Å²) in [6.07, 6.45) is 3.83. The minimum absolute atomic E-state index is 0.105. The van der Waals surface area contributed by atoms with Gasteiger partial charge in [-0.25, -0.2) is 9.59 Å². The number of carboxylic acid groups (broad SMARTS) is 1. The molecule has 29 heavy (non-hydrogen) atoms. The topological polar surface area (TPSA) is 111 Å². The standard InChI is InChI=1S/C20H25N5O4/c1-4-10-23-15-7-5-6-8-16(15)24(19(23)29)11-9-17(26)22-14-12-21-25(13-14)20(2,3)18(27)28/h5-8,12-13H,4,9-11H2,1-3H3,(H,22,26)(H,27,28). The van der Waals surface area contributed by atoms with Crippen LogP contribution in [0.25, 0.3) is 11.0 Å². The molecule has 1 aromatic carbocycles. The van der Waals surface area contributed by atoms with Gasteiger partial charge >= 0.3 is 11.7 Å². The molecular weight excluding hydrogens is 374 g/mol. The van der Waals surface area contributed by atoms with E-state index in [-0.39, 0.29) is 24.6 Å². The van der Waals surface area contributed by atoms with Crippen LogP contribution in [0.2, 0.25) is 0 Å². The molecule has 3 aromatic rings. The zero-order valence-electron chi connectivity index (χ0n) is 16.8. The van der Waals surface area contributed by atoms with Crippen molar-refractivity contribution in [1.29, 1.82) is 0 Å². The van der Waals surface area contributed by atoms with Gasteiger partial charge in [-0.3, -0.25) is 18.6 Å². The Morgan fingerprint density at radius 2 is 1.76 bits per heavy atom. The molecule has 0 aliphatic heterocycles. The maximum absolute atomic E-state index is 12.8. The van der Waals surface area contributed by atoms with Crippen LogP contribution in [0.3, 0.4) is 0 Å². The van der Waals surface area contributed by atoms with E-state index in [0.717, 1.165) is 17.5 Å². The van der Waals surface area contributed by atoms with E-state index in [1.165, 1.54) is 30.9 Å². The molecule has 2 N–H and O–H groups in total. The van der Waals surface area contributed by atoms with Crippen molar-refractivity contribution in [2.45, 2.75) is 52.2 Å². The maximum Gasteiger partial charge on any atom is 0.331 e. The highest BCUT2D eigenvalue weighted by Gasteiger charge is 2.30. The SMILES string of the molecule is CCCn1c(=O)n(CCC(=O)Nc2cnn(C(C)(C)C(=O)O)c2)c2ccccc21. The number of nitrogens with one attached hydrogen (secondary N) is 1. The molecule has 0 saturated carbocycles. The molecule has 0 spiro atoms. The Bertz CT molecular complexity index is 1110. The molecular formula is C20H25N5O4. The number of carbonyl (C=O) groups excluding carboxylic acids is 1. The van der Waals surface area contributed by atoms with Gasteiger partial charge in [-0.1, -0.05) is 19.1 Å². The van der Waals surface area contributed by atoms with Crippen LogP contribution in [-0.2, 0) is 28.2 Å². The first kappa shape index (κ1) is 20.4. The fourth-order valence-electron chi connectivity index (χ4n) is 3.16. The van der Waals surface area contributed by atoms with Crippen molar-refractivity contribution in [2.75, 3.05) is 5.32 Å². The van der Waals surface area contributed by atoms with Crippen molar-refractivity contribution in [3.63, 3.8) is 0 Å². The molecule has 0 atom stereocenters. The van der Waals surface area contributed by atoms with Gasteiger partial charge in [0.15, 0.2) is 5.54 Å². The predicted molar refractivity (Wildman–Crippen MR) is 109 cm³/mol. The zero-order valence-corrected chi connectivity index (χ0v) is 16.8. The summed E-state index contributed by atoms with van der Waals surface area (Å²) in [6.45, 7) is 5.92. The average molecular weight is 399 g/mol. The van der Waals surface area contributed by atoms with E-state index < -0.39 is 11.5 Å². The predicted octanol–water partition coefficient (Wildman–Crippen LogP) is 2.26. The van der Waals surface area contributed by atoms with Gasteiger partial charge in [-0.2, -0.15) is 5.10 Å². The van der Waals surface area contributed by atoms with Gasteiger partial charge in [0.1, 0.15) is 0 Å². The second-order valence-electron chi connectivity index (χ2n) is 7.41. The fourth-order valence-corrected chi connectivity index (χ4v) is 3.16. The number of hydrogen-bond donors (Lipinski definition) is 2. The summed E-state index contributed by atoms with van der Waals surface area (Å²) in [4.78, 5) is 36.4. The monoisotopic (exact) mass is 399 g/mol. The molecule has 154 valence electrons. The lowest BCUT2D eigenvalue weighted by Crippen LogP contribution is -2.35. The third-order valence-electron chi connectivity index (χ3n) is 4.90. The van der Waals surface area contributed by atoms with Crippen LogP contribution >= 0.6 is 0 Å². The summed E-state index contributed by atoms with van der Waals surface area (Å²) in [5.74, 6) is -1.31. The molecule has 0 aliphatic carbocycles. The lowest BCUT2D eigenvalue weighted by molar-refractivity contribution is -0.146. The number of anilines is 1. The minimum Gasteiger partial charge on any atom is -0.479 e. The van der Waals surface area contributed by atoms with Crippen LogP contribution in [-0.4, -0.2) is 35.9 Å². The van der Waals surface area contributed by atoms with Crippen molar-refractivity contribution in [3.8, 4) is 0 Å². The van der Waals surface area contributed by atoms with Gasteiger partial charge in [0.2, 0.25) is 5.91 Å². The zero-order chi connectivity index (χ0) is 21.2. The van der Waals surface area contributed by atoms with Crippen LogP contribution in [0.1, 0.15) is 33.6 Å². The van der Waals surface area contributed by atoms with Gasteiger partial charge in [0.05, 0.1) is 22.9 Å². The molecule has 9 heteroatoms. The number of hydrogen-bond acceptors (Lipinski definition) is 4. The second kappa shape index (κ2) is 7.94. The Morgan fingerprint density at radius 3 is 2.34 bits per heavy atom. The van der Waals surface area contributed by atoms with Crippen LogP contribution in [0, 0.1) is 0 Å². The van der Waals surface area contributed by atoms with Crippen LogP contribution < -0.4 is 11.0 Å². The quantitative estimate of drug-likeness (QED) is 0.604. The molecule has 3 rings (SSSR count). The third kappa shape index (κ3) is 3.94. The van der Waals surface area contributed by atoms with Gasteiger partial charge in [-0.05, 0) is 32.4 Å². The fraction of sp³-hybridized carbons (Fsp3) is 0.400. The molecule has 9 nitrogen and oxygen atoms in total. The van der Waals surface area contributed by atoms with E-state index in [2.05, 4.69) is 10.4 Å². The minimum atomic E-state index is -1.22. The van der Waals surface area contributed by atoms with E-state index in [0.29, 0.717) is 12.2 Å². The molecule has 2 heterocycles. The average Bonchev–Trinajstić information content (AvgIpc) is 3.24. The number of imidazole rings is 1. The number of aryl methyl sites for hydroxylation is 2. The number of aromatic nitrogens is 4. The summed E-state index contributed by atoms with van der Waals surface area (Å²) < 4.78 is 4.63. The van der Waals surface area contributed by atoms with Crippen molar-refractivity contribution >= 4 is 28.6 Å². The second-order valence-corrected chi connectivity index (χ2v) is 7.41. The Labute approximate surface area is 167 Å². The molecule has 0 radical (unpaired) electrons. The van der Waals surface area contributed by atoms with E-state index in [1.807, 2.05) is 31.2 Å². The van der Waals surface area contributed by atoms with Gasteiger partial charge in [0, 0.05) is 25.7 Å². The number of carboxylic acids is 1. The number of benzene rings is 1. The highest BCUT2D eigenvalue weighted by molar-refractivity contribution is 5.90. The lowest BCUT2D eigenvalue weighted by Gasteiger charge is -2.19. The molecule has 2 aromatic heterocycles. The van der Waals surface area contributed by atoms with Crippen LogP contribution in [0.15, 0.2) is 41.5 Å². The van der Waals surface area contributed by atoms with Crippen LogP contribution in [0.5, 0.6) is 0 Å². The van der Waals surface area contributed by atoms with E-state index >= 15 is 0 Å². The van der Waals surface area contributed by atoms with Crippen molar-refractivity contribution in [3.05, 3.63) is 47.1 Å². The number of aliphatic carboxylic acids is 1. The molecule has 0 aliphatic rings. The lowest BCUT2D eigenvalue weighted by atomic mass is 10.1. The summed E-state index contributed by atoms with van der Waals surface area (Å²) in [5, 5.41) is 16.0. The molecule has 0 saturated heterocycles. The first-order valence-corrected chi connectivity index (χ1v) is 9.52. The Morgan fingerprint density at radius 1 is 1.14 bits per heavy atom. The van der Waals surface area contributed by atoms with Crippen molar-refractivity contribution in [2.24, 2.45) is 0 Å². The van der Waals surface area contributed by atoms with E-state index in [4.69, 9.17) is 0 Å². The highest BCUT2D eigenvalue weighted by Crippen LogP contribution is 2.18. The van der Waals surface area contributed by atoms with Gasteiger partial charge in [0.25, 0.3) is 0 Å². The third-order valence-corrected chi connectivity index (χ3v) is 4.90. The van der Waals surface area contributed by atoms with Crippen molar-refractivity contribution < 1.29 is 14.7 Å². The molecule has 1 amide bonds. The Kier molecular flexibility index (Phi) is 5.58. The number of para-hydroxylation sites is 2. The molecule has 0 fully saturated rings. The number of fused-ring (bicyclic) bond motifs is 1. The summed E-state index contributed by atoms with van der Waals surface area (Å²) in [5.41, 5.74) is 0.714. The Hall–Kier alpha value is -3.36. The number of amides is 1. The van der Waals surface area contributed by atoms with Gasteiger partial charge in [-0.15, -0.1) is 0 Å². The smallest absolute Gasteiger partial charge is 0.331 e. The molecule has 0 unspecified atom stereocenters. The van der Waals surface area contributed by atoms with Gasteiger partial charge < -0.3 is 10.4 Å². The summed E-state index contributed by atoms with van der Waals surface area (Å²) in [6, 6.07) is 7.54. The number of rotatable bonds is 8. The first-order valence-electron chi connectivity index (χ1n) is 9.52. The largest absolute Gasteiger partial charge is 0.479 e. The van der Waals surface area contributed by atoms with Crippen LogP contribution in [0.4, 0.5) is 5.69 Å². The summed E-state index contributed by atoms with van der Waals surface area (Å²) in [7, 11) is 0. The first-order chi connectivity index (χ1) is 13.8. The van der Waals surface area contributed by atoms with E-state index in [9.17, 15) is 19.5 Å². The normalized spacial score (nSPS) is 11.7. The van der Waals surface area contributed by atoms with E-state index in [1.54, 1.807) is 9.13 Å². The van der Waals surface area contributed by atoms with Crippen molar-refractivity contribution in [1.82, 2.24) is 18.9 Å². The Balaban J connectivity index is 1.72. The number of nitrogens with zero attached hydrogens (tertiary/aromatic N) is 4.